The first-order valence-electron chi connectivity index (χ1n) is 18.7. The molecule has 2 heterocycles. The highest BCUT2D eigenvalue weighted by atomic mass is 16.3. The van der Waals surface area contributed by atoms with Gasteiger partial charge in [0, 0.05) is 27.5 Å². The zero-order valence-corrected chi connectivity index (χ0v) is 30.9. The monoisotopic (exact) mass is 719 g/mol. The number of fused-ring (bicyclic) bond motifs is 3. The third-order valence-corrected chi connectivity index (χ3v) is 10.1. The predicted molar refractivity (Wildman–Crippen MR) is 233 cm³/mol. The van der Waals surface area contributed by atoms with Crippen molar-refractivity contribution < 1.29 is 4.42 Å². The second kappa shape index (κ2) is 15.1. The molecule has 0 aliphatic rings. The maximum absolute atomic E-state index is 6.44. The van der Waals surface area contributed by atoms with Gasteiger partial charge in [0.25, 0.3) is 0 Å². The van der Waals surface area contributed by atoms with E-state index < -0.39 is 0 Å². The summed E-state index contributed by atoms with van der Waals surface area (Å²) in [4.78, 5) is 15.6. The molecule has 0 aliphatic heterocycles. The summed E-state index contributed by atoms with van der Waals surface area (Å²) in [6.45, 7) is 5.88. The molecular formula is C52H37N3O. The molecule has 0 N–H and O–H groups in total. The molecule has 4 nitrogen and oxygen atoms in total. The van der Waals surface area contributed by atoms with Crippen LogP contribution in [0.2, 0.25) is 0 Å². The Hall–Kier alpha value is -7.43. The van der Waals surface area contributed by atoms with Gasteiger partial charge in [-0.05, 0) is 75.7 Å². The van der Waals surface area contributed by atoms with Crippen LogP contribution >= 0.6 is 0 Å². The zero-order chi connectivity index (χ0) is 37.8. The lowest BCUT2D eigenvalue weighted by Gasteiger charge is -2.14. The Labute approximate surface area is 326 Å². The van der Waals surface area contributed by atoms with Crippen LogP contribution in [0, 0.1) is 0 Å². The van der Waals surface area contributed by atoms with Crippen molar-refractivity contribution in [2.45, 2.75) is 6.92 Å². The molecule has 0 fully saturated rings. The van der Waals surface area contributed by atoms with Gasteiger partial charge in [-0.25, -0.2) is 15.0 Å². The summed E-state index contributed by atoms with van der Waals surface area (Å²) in [7, 11) is 0. The standard InChI is InChI=1S/C52H37N3O/c1-3-4-8-16-35(2)36-25-27-40(28-26-36)50-53-51(42-29-31-43(38-19-11-6-12-20-38)45(34-42)39-21-13-7-14-22-39)55-52(54-50)44-23-15-24-48-49(44)46-33-41(30-32-47(46)56-48)37-17-9-5-10-18-37/h3-34H,1H2,2H3/b8-4-,35-16+. The average molecular weight is 720 g/mol. The molecular weight excluding hydrogens is 683 g/mol. The molecule has 0 saturated heterocycles. The van der Waals surface area contributed by atoms with Crippen molar-refractivity contribution in [1.82, 2.24) is 15.0 Å². The molecule has 56 heavy (non-hydrogen) atoms. The highest BCUT2D eigenvalue weighted by Gasteiger charge is 2.19. The molecule has 0 unspecified atom stereocenters. The Bertz CT molecular complexity index is 2910. The zero-order valence-electron chi connectivity index (χ0n) is 30.9. The first-order chi connectivity index (χ1) is 27.6. The van der Waals surface area contributed by atoms with E-state index in [1.54, 1.807) is 6.08 Å². The van der Waals surface area contributed by atoms with E-state index >= 15 is 0 Å². The molecule has 9 rings (SSSR count). The van der Waals surface area contributed by atoms with Crippen LogP contribution in [0.4, 0.5) is 0 Å². The van der Waals surface area contributed by atoms with Gasteiger partial charge in [0.1, 0.15) is 11.2 Å². The van der Waals surface area contributed by atoms with E-state index in [-0.39, 0.29) is 0 Å². The number of hydrogen-bond donors (Lipinski definition) is 0. The first kappa shape index (κ1) is 34.3. The minimum Gasteiger partial charge on any atom is -0.456 e. The molecule has 0 spiro atoms. The molecule has 0 radical (unpaired) electrons. The highest BCUT2D eigenvalue weighted by Crippen LogP contribution is 2.40. The minimum absolute atomic E-state index is 0.575. The lowest BCUT2D eigenvalue weighted by atomic mass is 9.92. The summed E-state index contributed by atoms with van der Waals surface area (Å²) in [5, 5.41) is 1.98. The summed E-state index contributed by atoms with van der Waals surface area (Å²) in [5.74, 6) is 1.76. The molecule has 0 aliphatic carbocycles. The van der Waals surface area contributed by atoms with Crippen LogP contribution in [0.25, 0.3) is 95.1 Å². The Balaban J connectivity index is 1.25. The quantitative estimate of drug-likeness (QED) is 0.139. The minimum atomic E-state index is 0.575. The molecule has 2 aromatic heterocycles. The lowest BCUT2D eigenvalue weighted by molar-refractivity contribution is 0.669. The Morgan fingerprint density at radius 2 is 1.07 bits per heavy atom. The van der Waals surface area contributed by atoms with E-state index in [9.17, 15) is 0 Å². The van der Waals surface area contributed by atoms with Crippen LogP contribution in [0.1, 0.15) is 12.5 Å². The second-order valence-electron chi connectivity index (χ2n) is 13.7. The van der Waals surface area contributed by atoms with Crippen molar-refractivity contribution in [2.24, 2.45) is 0 Å². The lowest BCUT2D eigenvalue weighted by Crippen LogP contribution is -2.01. The first-order valence-corrected chi connectivity index (χ1v) is 18.7. The summed E-state index contributed by atoms with van der Waals surface area (Å²) in [6.07, 6.45) is 7.78. The van der Waals surface area contributed by atoms with E-state index in [1.165, 1.54) is 0 Å². The number of aromatic nitrogens is 3. The van der Waals surface area contributed by atoms with Crippen LogP contribution < -0.4 is 0 Å². The van der Waals surface area contributed by atoms with Crippen LogP contribution in [0.5, 0.6) is 0 Å². The third-order valence-electron chi connectivity index (χ3n) is 10.1. The molecule has 0 saturated carbocycles. The average Bonchev–Trinajstić information content (AvgIpc) is 3.65. The molecule has 4 heteroatoms. The number of rotatable bonds is 9. The Kier molecular flexibility index (Phi) is 9.28. The largest absolute Gasteiger partial charge is 0.456 e. The molecule has 0 bridgehead atoms. The van der Waals surface area contributed by atoms with Crippen molar-refractivity contribution in [3.05, 3.63) is 206 Å². The maximum Gasteiger partial charge on any atom is 0.164 e. The number of benzene rings is 7. The molecule has 266 valence electrons. The fraction of sp³-hybridized carbons (Fsp3) is 0.0192. The van der Waals surface area contributed by atoms with Crippen LogP contribution in [-0.4, -0.2) is 15.0 Å². The van der Waals surface area contributed by atoms with E-state index in [0.717, 1.165) is 83.1 Å². The van der Waals surface area contributed by atoms with Gasteiger partial charge in [-0.1, -0.05) is 176 Å². The van der Waals surface area contributed by atoms with Crippen LogP contribution in [0.15, 0.2) is 205 Å². The third kappa shape index (κ3) is 6.76. The SMILES string of the molecule is C=C/C=C\C=C(/C)c1ccc(-c2nc(-c3ccc(-c4ccccc4)c(-c4ccccc4)c3)nc(-c3cccc4oc5ccc(-c6ccccc6)cc5c34)n2)cc1. The molecule has 0 amide bonds. The number of nitrogens with zero attached hydrogens (tertiary/aromatic N) is 3. The van der Waals surface area contributed by atoms with Gasteiger partial charge >= 0.3 is 0 Å². The van der Waals surface area contributed by atoms with Gasteiger partial charge in [0.2, 0.25) is 0 Å². The highest BCUT2D eigenvalue weighted by molar-refractivity contribution is 6.12. The summed E-state index contributed by atoms with van der Waals surface area (Å²) < 4.78 is 6.44. The van der Waals surface area contributed by atoms with Crippen molar-refractivity contribution in [3.63, 3.8) is 0 Å². The van der Waals surface area contributed by atoms with Crippen molar-refractivity contribution in [1.29, 1.82) is 0 Å². The van der Waals surface area contributed by atoms with Gasteiger partial charge in [0.15, 0.2) is 17.5 Å². The predicted octanol–water partition coefficient (Wildman–Crippen LogP) is 13.9. The van der Waals surface area contributed by atoms with Crippen molar-refractivity contribution in [2.75, 3.05) is 0 Å². The smallest absolute Gasteiger partial charge is 0.164 e. The van der Waals surface area contributed by atoms with E-state index in [1.807, 2.05) is 42.5 Å². The van der Waals surface area contributed by atoms with Gasteiger partial charge in [-0.3, -0.25) is 0 Å². The van der Waals surface area contributed by atoms with E-state index in [0.29, 0.717) is 17.5 Å². The fourth-order valence-electron chi connectivity index (χ4n) is 7.24. The van der Waals surface area contributed by atoms with Gasteiger partial charge in [-0.15, -0.1) is 0 Å². The summed E-state index contributed by atoms with van der Waals surface area (Å²) in [6, 6.07) is 58.8. The van der Waals surface area contributed by atoms with Crippen LogP contribution in [-0.2, 0) is 0 Å². The van der Waals surface area contributed by atoms with E-state index in [2.05, 4.69) is 159 Å². The molecule has 0 atom stereocenters. The number of allylic oxidation sites excluding steroid dienone is 5. The summed E-state index contributed by atoms with van der Waals surface area (Å²) >= 11 is 0. The van der Waals surface area contributed by atoms with Crippen LogP contribution in [0.3, 0.4) is 0 Å². The van der Waals surface area contributed by atoms with Gasteiger partial charge < -0.3 is 4.42 Å². The maximum atomic E-state index is 6.44. The normalized spacial score (nSPS) is 11.8. The Morgan fingerprint density at radius 1 is 0.464 bits per heavy atom. The van der Waals surface area contributed by atoms with Gasteiger partial charge in [-0.2, -0.15) is 0 Å². The van der Waals surface area contributed by atoms with E-state index in [4.69, 9.17) is 19.4 Å². The number of hydrogen-bond acceptors (Lipinski definition) is 4. The number of furan rings is 1. The van der Waals surface area contributed by atoms with Crippen molar-refractivity contribution >= 4 is 27.5 Å². The van der Waals surface area contributed by atoms with Gasteiger partial charge in [0.05, 0.1) is 0 Å². The topological polar surface area (TPSA) is 51.8 Å². The second-order valence-corrected chi connectivity index (χ2v) is 13.7. The van der Waals surface area contributed by atoms with Crippen molar-refractivity contribution in [3.8, 4) is 67.5 Å². The summed E-state index contributed by atoms with van der Waals surface area (Å²) in [5.41, 5.74) is 13.3. The fourth-order valence-corrected chi connectivity index (χ4v) is 7.24. The Morgan fingerprint density at radius 3 is 1.77 bits per heavy atom. The molecule has 7 aromatic carbocycles. The molecule has 9 aromatic rings.